The van der Waals surface area contributed by atoms with Crippen LogP contribution in [0.3, 0.4) is 0 Å². The molecule has 0 spiro atoms. The van der Waals surface area contributed by atoms with E-state index in [0.717, 1.165) is 0 Å². The fourth-order valence-electron chi connectivity index (χ4n) is 3.26. The van der Waals surface area contributed by atoms with Crippen LogP contribution in [0.1, 0.15) is 0 Å². The Morgan fingerprint density at radius 2 is 1.06 bits per heavy atom. The number of rotatable bonds is 15. The van der Waals surface area contributed by atoms with E-state index < -0.39 is 119 Å². The molecule has 0 bridgehead atoms. The first kappa shape index (κ1) is 44.5. The van der Waals surface area contributed by atoms with Crippen molar-refractivity contribution in [2.24, 2.45) is 0 Å². The Morgan fingerprint density at radius 3 is 1.51 bits per heavy atom. The summed E-state index contributed by atoms with van der Waals surface area (Å²) in [6, 6.07) is 0.684. The summed E-state index contributed by atoms with van der Waals surface area (Å²) in [5.41, 5.74) is 0. The number of sulfone groups is 2. The smallest absolute Gasteiger partial charge is 0.282 e. The van der Waals surface area contributed by atoms with Crippen molar-refractivity contribution in [3.63, 3.8) is 0 Å². The van der Waals surface area contributed by atoms with Crippen molar-refractivity contribution in [1.29, 1.82) is 0 Å². The third kappa shape index (κ3) is 7.56. The number of benzene rings is 2. The lowest BCUT2D eigenvalue weighted by Crippen LogP contribution is -2.72. The molecule has 0 aromatic heterocycles. The largest absolute Gasteiger partial charge is 0.434 e. The number of ether oxygens (including phenoxy) is 1. The lowest BCUT2D eigenvalue weighted by molar-refractivity contribution is -0.497. The molecule has 0 fully saturated rings. The van der Waals surface area contributed by atoms with Gasteiger partial charge in [-0.3, -0.25) is 4.55 Å². The monoisotopic (exact) mass is 860 g/mol. The van der Waals surface area contributed by atoms with Crippen LogP contribution < -0.4 is 0 Å². The van der Waals surface area contributed by atoms with E-state index in [1.165, 1.54) is 0 Å². The molecule has 0 heterocycles. The van der Waals surface area contributed by atoms with E-state index in [1.807, 2.05) is 0 Å². The topological polar surface area (TPSA) is 132 Å². The van der Waals surface area contributed by atoms with Crippen molar-refractivity contribution in [1.82, 2.24) is 0 Å². The van der Waals surface area contributed by atoms with Crippen molar-refractivity contribution in [2.75, 3.05) is 5.08 Å². The van der Waals surface area contributed by atoms with Crippen molar-refractivity contribution in [2.45, 2.75) is 61.1 Å². The van der Waals surface area contributed by atoms with Crippen LogP contribution in [-0.2, 0) is 34.5 Å². The van der Waals surface area contributed by atoms with Crippen LogP contribution in [0, 0.1) is 11.6 Å². The summed E-state index contributed by atoms with van der Waals surface area (Å²) >= 11 is -1.98. The quantitative estimate of drug-likeness (QED) is 0.113. The van der Waals surface area contributed by atoms with E-state index in [-0.39, 0.29) is 30.3 Å². The maximum absolute atomic E-state index is 14.4. The molecule has 30 heteroatoms. The van der Waals surface area contributed by atoms with Gasteiger partial charge in [0.1, 0.15) is 16.5 Å². The number of alkyl halides is 16. The van der Waals surface area contributed by atoms with Gasteiger partial charge in [0.2, 0.25) is 9.84 Å². The van der Waals surface area contributed by atoms with Gasteiger partial charge in [-0.1, -0.05) is 12.1 Å². The lowest BCUT2D eigenvalue weighted by atomic mass is 9.97. The van der Waals surface area contributed by atoms with Gasteiger partial charge in [0.25, 0.3) is 10.1 Å². The zero-order chi connectivity index (χ0) is 40.5. The summed E-state index contributed by atoms with van der Waals surface area (Å²) in [5.74, 6) is -39.2. The van der Waals surface area contributed by atoms with E-state index >= 15 is 0 Å². The fraction of sp³-hybridized carbons (Fsp3) is 0.429. The number of halogens is 18. The highest BCUT2D eigenvalue weighted by atomic mass is 32.3. The summed E-state index contributed by atoms with van der Waals surface area (Å²) in [7, 11) is -20.3. The van der Waals surface area contributed by atoms with E-state index in [0.29, 0.717) is 12.1 Å². The molecule has 0 atom stereocenters. The Morgan fingerprint density at radius 1 is 0.608 bits per heavy atom. The predicted molar refractivity (Wildman–Crippen MR) is 130 cm³/mol. The van der Waals surface area contributed by atoms with Gasteiger partial charge in [0, 0.05) is 11.0 Å². The normalized spacial score (nSPS) is 15.3. The van der Waals surface area contributed by atoms with Crippen LogP contribution >= 0.6 is 11.8 Å². The number of hydrogen-bond acceptors (Lipinski definition) is 8. The molecule has 8 nitrogen and oxygen atoms in total. The lowest BCUT2D eigenvalue weighted by Gasteiger charge is -2.41. The molecule has 0 aliphatic carbocycles. The van der Waals surface area contributed by atoms with Crippen molar-refractivity contribution < 1.29 is 114 Å². The highest BCUT2D eigenvalue weighted by Gasteiger charge is 2.93. The minimum absolute atomic E-state index is 0.0381. The standard InChI is InChI=1S/C21H10F18O8S4/c22-9-5-6-11(10(23)7-9)48-20(36,37)19(34,35)47-18(32,33)16(28,29)14(24,25)15(26,27)17(30,31)21(38,39)50(42,43)8-49(40,41)12-3-1-2-4-13(12)51(44,45)46/h1-7H,8H2,(H,44,45,46). The minimum atomic E-state index is -8.97. The van der Waals surface area contributed by atoms with Gasteiger partial charge in [-0.25, -0.2) is 30.4 Å². The van der Waals surface area contributed by atoms with Gasteiger partial charge in [-0.05, 0) is 36.0 Å². The second kappa shape index (κ2) is 13.0. The summed E-state index contributed by atoms with van der Waals surface area (Å²) in [5, 5.41) is -18.4. The van der Waals surface area contributed by atoms with Gasteiger partial charge in [-0.2, -0.15) is 78.7 Å². The molecule has 0 amide bonds. The summed E-state index contributed by atoms with van der Waals surface area (Å²) < 4.78 is 334. The Kier molecular flexibility index (Phi) is 11.3. The van der Waals surface area contributed by atoms with Crippen LogP contribution in [0.25, 0.3) is 0 Å². The van der Waals surface area contributed by atoms with Crippen LogP contribution in [0.4, 0.5) is 79.0 Å². The third-order valence-electron chi connectivity index (χ3n) is 5.80. The average Bonchev–Trinajstić information content (AvgIpc) is 2.92. The fourth-order valence-corrected chi connectivity index (χ4v) is 9.17. The third-order valence-corrected chi connectivity index (χ3v) is 12.4. The molecule has 0 aliphatic heterocycles. The highest BCUT2D eigenvalue weighted by Crippen LogP contribution is 2.62. The highest BCUT2D eigenvalue weighted by molar-refractivity contribution is 8.08. The van der Waals surface area contributed by atoms with Gasteiger partial charge in [-0.15, -0.1) is 0 Å². The Labute approximate surface area is 275 Å². The molecule has 51 heavy (non-hydrogen) atoms. The van der Waals surface area contributed by atoms with Gasteiger partial charge < -0.3 is 0 Å². The Hall–Kier alpha value is -2.70. The Balaban J connectivity index is 2.58. The van der Waals surface area contributed by atoms with Crippen molar-refractivity contribution in [3.8, 4) is 0 Å². The van der Waals surface area contributed by atoms with Crippen molar-refractivity contribution in [3.05, 3.63) is 54.1 Å². The van der Waals surface area contributed by atoms with Crippen LogP contribution in [0.15, 0.2) is 57.2 Å². The zero-order valence-corrected chi connectivity index (χ0v) is 26.3. The van der Waals surface area contributed by atoms with Gasteiger partial charge in [0.05, 0.1) is 4.90 Å². The molecular formula is C21H10F18O8S4. The molecule has 2 rings (SSSR count). The summed E-state index contributed by atoms with van der Waals surface area (Å²) in [6.07, 6.45) is -15.6. The minimum Gasteiger partial charge on any atom is -0.282 e. The van der Waals surface area contributed by atoms with Crippen molar-refractivity contribution >= 4 is 41.6 Å². The zero-order valence-electron chi connectivity index (χ0n) is 23.0. The van der Waals surface area contributed by atoms with Gasteiger partial charge in [0.15, 0.2) is 14.9 Å². The SMILES string of the molecule is O=S(=O)(O)c1ccccc1S(=O)(=O)CS(=O)(=O)C(F)(F)C(F)(F)C(F)(F)C(F)(F)C(F)(F)C(F)(F)OC(F)(F)C(F)(F)Sc1ccc(F)cc1F. The number of hydrogen-bond donors (Lipinski definition) is 1. The van der Waals surface area contributed by atoms with E-state index in [4.69, 9.17) is 4.55 Å². The second-order valence-electron chi connectivity index (χ2n) is 9.41. The molecule has 2 aromatic rings. The van der Waals surface area contributed by atoms with Crippen LogP contribution in [-0.4, -0.2) is 81.3 Å². The molecule has 0 saturated heterocycles. The molecule has 2 aromatic carbocycles. The molecular weight excluding hydrogens is 850 g/mol. The second-order valence-corrected chi connectivity index (χ2v) is 16.3. The molecule has 1 N–H and O–H groups in total. The first-order chi connectivity index (χ1) is 22.3. The predicted octanol–water partition coefficient (Wildman–Crippen LogP) is 7.08. The number of thioether (sulfide) groups is 1. The summed E-state index contributed by atoms with van der Waals surface area (Å²) in [6.45, 7) is 0. The molecule has 292 valence electrons. The van der Waals surface area contributed by atoms with E-state index in [1.54, 1.807) is 4.74 Å². The van der Waals surface area contributed by atoms with E-state index in [2.05, 4.69) is 0 Å². The first-order valence-electron chi connectivity index (χ1n) is 11.7. The maximum Gasteiger partial charge on any atom is 0.434 e. The first-order valence-corrected chi connectivity index (χ1v) is 17.2. The Bertz CT molecular complexity index is 1990. The van der Waals surface area contributed by atoms with E-state index in [9.17, 15) is 104 Å². The summed E-state index contributed by atoms with van der Waals surface area (Å²) in [4.78, 5) is -5.78. The average molecular weight is 861 g/mol. The molecule has 0 saturated carbocycles. The maximum atomic E-state index is 14.4. The molecule has 0 aliphatic rings. The van der Waals surface area contributed by atoms with Crippen LogP contribution in [0.5, 0.6) is 0 Å². The molecule has 0 unspecified atom stereocenters. The van der Waals surface area contributed by atoms with Crippen LogP contribution in [0.2, 0.25) is 0 Å². The molecule has 0 radical (unpaired) electrons. The van der Waals surface area contributed by atoms with Gasteiger partial charge >= 0.3 is 46.4 Å².